The summed E-state index contributed by atoms with van der Waals surface area (Å²) in [6.07, 6.45) is 6.96. The van der Waals surface area contributed by atoms with Crippen molar-refractivity contribution in [2.45, 2.75) is 52.1 Å². The summed E-state index contributed by atoms with van der Waals surface area (Å²) in [7, 11) is 1.98. The van der Waals surface area contributed by atoms with Crippen LogP contribution in [0.2, 0.25) is 0 Å². The molecule has 0 bridgehead atoms. The maximum Gasteiger partial charge on any atom is 0.105 e. The lowest BCUT2D eigenvalue weighted by atomic mass is 10.0. The maximum absolute atomic E-state index is 5.40. The summed E-state index contributed by atoms with van der Waals surface area (Å²) < 4.78 is 7.50. The van der Waals surface area contributed by atoms with Gasteiger partial charge in [0.05, 0.1) is 18.0 Å². The Kier molecular flexibility index (Phi) is 5.01. The van der Waals surface area contributed by atoms with Crippen LogP contribution >= 0.6 is 0 Å². The van der Waals surface area contributed by atoms with E-state index in [1.54, 1.807) is 6.26 Å². The van der Waals surface area contributed by atoms with E-state index in [0.717, 1.165) is 30.7 Å². The lowest BCUT2D eigenvalue weighted by molar-refractivity contribution is 0.423. The molecule has 0 fully saturated rings. The summed E-state index contributed by atoms with van der Waals surface area (Å²) in [5, 5.41) is 8.08. The number of rotatable bonds is 7. The molecule has 1 unspecified atom stereocenters. The number of furan rings is 1. The molecule has 0 aliphatic rings. The van der Waals surface area contributed by atoms with Gasteiger partial charge in [0.2, 0.25) is 0 Å². The molecule has 2 aromatic heterocycles. The molecule has 20 heavy (non-hydrogen) atoms. The summed E-state index contributed by atoms with van der Waals surface area (Å²) in [5.74, 6) is 0.976. The van der Waals surface area contributed by atoms with Gasteiger partial charge in [-0.3, -0.25) is 4.68 Å². The van der Waals surface area contributed by atoms with Crippen molar-refractivity contribution in [3.63, 3.8) is 0 Å². The van der Waals surface area contributed by atoms with Crippen molar-refractivity contribution in [3.05, 3.63) is 41.6 Å². The fourth-order valence-corrected chi connectivity index (χ4v) is 2.69. The third kappa shape index (κ3) is 3.12. The number of nitrogens with one attached hydrogen (secondary N) is 1. The van der Waals surface area contributed by atoms with E-state index in [1.807, 2.05) is 20.0 Å². The first kappa shape index (κ1) is 14.9. The Labute approximate surface area is 121 Å². The molecule has 0 aromatic carbocycles. The molecule has 0 aliphatic heterocycles. The van der Waals surface area contributed by atoms with Crippen molar-refractivity contribution in [1.82, 2.24) is 15.1 Å². The van der Waals surface area contributed by atoms with E-state index in [1.165, 1.54) is 5.56 Å². The summed E-state index contributed by atoms with van der Waals surface area (Å²) in [6.45, 7) is 6.42. The van der Waals surface area contributed by atoms with Gasteiger partial charge >= 0.3 is 0 Å². The van der Waals surface area contributed by atoms with Crippen LogP contribution in [0.15, 0.2) is 29.0 Å². The Hall–Kier alpha value is -1.55. The predicted octanol–water partition coefficient (Wildman–Crippen LogP) is 3.65. The van der Waals surface area contributed by atoms with Gasteiger partial charge in [0.15, 0.2) is 0 Å². The van der Waals surface area contributed by atoms with Gasteiger partial charge in [0.25, 0.3) is 0 Å². The first-order valence-corrected chi connectivity index (χ1v) is 7.44. The minimum absolute atomic E-state index is 0.249. The van der Waals surface area contributed by atoms with E-state index in [9.17, 15) is 0 Å². The highest BCUT2D eigenvalue weighted by molar-refractivity contribution is 5.22. The van der Waals surface area contributed by atoms with Crippen molar-refractivity contribution in [2.24, 2.45) is 0 Å². The fraction of sp³-hybridized carbons (Fsp3) is 0.562. The topological polar surface area (TPSA) is 43.0 Å². The van der Waals surface area contributed by atoms with Crippen LogP contribution in [0.4, 0.5) is 0 Å². The normalized spacial score (nSPS) is 13.1. The second-order valence-corrected chi connectivity index (χ2v) is 5.23. The van der Waals surface area contributed by atoms with Gasteiger partial charge in [-0.25, -0.2) is 0 Å². The molecule has 2 heterocycles. The van der Waals surface area contributed by atoms with Crippen molar-refractivity contribution in [2.75, 3.05) is 7.05 Å². The van der Waals surface area contributed by atoms with Crippen molar-refractivity contribution in [1.29, 1.82) is 0 Å². The van der Waals surface area contributed by atoms with E-state index in [-0.39, 0.29) is 6.04 Å². The van der Waals surface area contributed by atoms with Gasteiger partial charge in [-0.15, -0.1) is 0 Å². The molecule has 1 N–H and O–H groups in total. The fourth-order valence-electron chi connectivity index (χ4n) is 2.69. The zero-order valence-electron chi connectivity index (χ0n) is 12.9. The Morgan fingerprint density at radius 1 is 1.30 bits per heavy atom. The summed E-state index contributed by atoms with van der Waals surface area (Å²) >= 11 is 0. The second kappa shape index (κ2) is 6.75. The zero-order chi connectivity index (χ0) is 14.5. The molecule has 110 valence electrons. The number of likely N-dealkylation sites (N-methyl/N-ethyl adjacent to an activating group) is 1. The Morgan fingerprint density at radius 2 is 2.05 bits per heavy atom. The van der Waals surface area contributed by atoms with E-state index >= 15 is 0 Å². The summed E-state index contributed by atoms with van der Waals surface area (Å²) in [4.78, 5) is 0. The van der Waals surface area contributed by atoms with Crippen molar-refractivity contribution in [3.8, 4) is 0 Å². The predicted molar refractivity (Wildman–Crippen MR) is 80.8 cm³/mol. The molecule has 0 saturated heterocycles. The average Bonchev–Trinajstić information content (AvgIpc) is 3.07. The van der Waals surface area contributed by atoms with E-state index in [0.29, 0.717) is 6.04 Å². The van der Waals surface area contributed by atoms with Gasteiger partial charge in [-0.1, -0.05) is 13.8 Å². The lowest BCUT2D eigenvalue weighted by Crippen LogP contribution is -2.19. The van der Waals surface area contributed by atoms with E-state index in [2.05, 4.69) is 36.1 Å². The molecule has 2 aromatic rings. The smallest absolute Gasteiger partial charge is 0.105 e. The molecule has 0 amide bonds. The lowest BCUT2D eigenvalue weighted by Gasteiger charge is -2.15. The standard InChI is InChI=1S/C16H25N3O/c1-5-14(6-2)19-9-7-13(18-19)11-16(17-4)15-8-10-20-12(15)3/h7-10,14,16-17H,5-6,11H2,1-4H3. The van der Waals surface area contributed by atoms with Gasteiger partial charge in [-0.05, 0) is 38.9 Å². The molecule has 0 aliphatic carbocycles. The SMILES string of the molecule is CCC(CC)n1ccc(CC(NC)c2ccoc2C)n1. The average molecular weight is 275 g/mol. The molecule has 2 rings (SSSR count). The van der Waals surface area contributed by atoms with Crippen LogP contribution < -0.4 is 5.32 Å². The van der Waals surface area contributed by atoms with Crippen LogP contribution in [0.1, 0.15) is 55.8 Å². The highest BCUT2D eigenvalue weighted by Gasteiger charge is 2.16. The second-order valence-electron chi connectivity index (χ2n) is 5.23. The molecule has 0 saturated carbocycles. The molecule has 0 spiro atoms. The van der Waals surface area contributed by atoms with Crippen LogP contribution in [-0.4, -0.2) is 16.8 Å². The third-order valence-electron chi connectivity index (χ3n) is 4.02. The number of nitrogens with zero attached hydrogens (tertiary/aromatic N) is 2. The van der Waals surface area contributed by atoms with Gasteiger partial charge in [0.1, 0.15) is 5.76 Å². The Morgan fingerprint density at radius 3 is 2.60 bits per heavy atom. The van der Waals surface area contributed by atoms with Crippen LogP contribution in [0.5, 0.6) is 0 Å². The van der Waals surface area contributed by atoms with Gasteiger partial charge < -0.3 is 9.73 Å². The summed E-state index contributed by atoms with van der Waals surface area (Å²) in [6, 6.07) is 4.91. The van der Waals surface area contributed by atoms with Crippen molar-refractivity contribution < 1.29 is 4.42 Å². The monoisotopic (exact) mass is 275 g/mol. The molecule has 1 atom stereocenters. The van der Waals surface area contributed by atoms with Gasteiger partial charge in [0, 0.05) is 24.2 Å². The number of hydrogen-bond donors (Lipinski definition) is 1. The van der Waals surface area contributed by atoms with Gasteiger partial charge in [-0.2, -0.15) is 5.10 Å². The van der Waals surface area contributed by atoms with Crippen LogP contribution in [0, 0.1) is 6.92 Å². The molecule has 4 heteroatoms. The quantitative estimate of drug-likeness (QED) is 0.838. The van der Waals surface area contributed by atoms with Crippen molar-refractivity contribution >= 4 is 0 Å². The first-order valence-electron chi connectivity index (χ1n) is 7.44. The molecular formula is C16H25N3O. The maximum atomic E-state index is 5.40. The number of aromatic nitrogens is 2. The summed E-state index contributed by atoms with van der Waals surface area (Å²) in [5.41, 5.74) is 2.33. The molecule has 0 radical (unpaired) electrons. The Bertz CT molecular complexity index is 525. The minimum Gasteiger partial charge on any atom is -0.469 e. The Balaban J connectivity index is 2.11. The van der Waals surface area contributed by atoms with Crippen LogP contribution in [0.25, 0.3) is 0 Å². The zero-order valence-corrected chi connectivity index (χ0v) is 12.9. The highest BCUT2D eigenvalue weighted by atomic mass is 16.3. The molecular weight excluding hydrogens is 250 g/mol. The minimum atomic E-state index is 0.249. The third-order valence-corrected chi connectivity index (χ3v) is 4.02. The van der Waals surface area contributed by atoms with E-state index in [4.69, 9.17) is 9.52 Å². The van der Waals surface area contributed by atoms with Crippen LogP contribution in [0.3, 0.4) is 0 Å². The molecule has 4 nitrogen and oxygen atoms in total. The number of aryl methyl sites for hydroxylation is 1. The largest absolute Gasteiger partial charge is 0.469 e. The van der Waals surface area contributed by atoms with E-state index < -0.39 is 0 Å². The number of hydrogen-bond acceptors (Lipinski definition) is 3. The first-order chi connectivity index (χ1) is 9.69. The highest BCUT2D eigenvalue weighted by Crippen LogP contribution is 2.22. The van der Waals surface area contributed by atoms with Crippen LogP contribution in [-0.2, 0) is 6.42 Å².